The minimum atomic E-state index is -4.31. The molecule has 0 spiro atoms. The van der Waals surface area contributed by atoms with Crippen LogP contribution < -0.4 is 15.8 Å². The number of hydrogen-bond donors (Lipinski definition) is 2. The number of carbonyl (C=O) groups is 1. The van der Waals surface area contributed by atoms with Crippen LogP contribution in [0.15, 0.2) is 60.9 Å². The van der Waals surface area contributed by atoms with E-state index in [9.17, 15) is 18.0 Å². The number of benzene rings is 2. The van der Waals surface area contributed by atoms with Gasteiger partial charge < -0.3 is 63.3 Å². The third-order valence-corrected chi connectivity index (χ3v) is 10.6. The summed E-state index contributed by atoms with van der Waals surface area (Å²) in [6.45, 7) is 15.7. The molecule has 3 heterocycles. The van der Waals surface area contributed by atoms with Crippen LogP contribution in [0.2, 0.25) is 0 Å². The largest absolute Gasteiger partial charge is 0.491 e. The SMILES string of the molecule is CNc1ccc(CN2CCN(C)CC2)c(C(F)(F)F)c1.Cc1ccc(C=O)cc1C#Cc1cnc2cc(OCCOCCOCCOCCOCCOCCOCCOCCOCCOCCN)ccn12. The van der Waals surface area contributed by atoms with Crippen molar-refractivity contribution in [1.82, 2.24) is 19.2 Å². The molecule has 1 fully saturated rings. The minimum absolute atomic E-state index is 0.348. The van der Waals surface area contributed by atoms with Crippen molar-refractivity contribution >= 4 is 17.6 Å². The van der Waals surface area contributed by atoms with Crippen molar-refractivity contribution in [2.24, 2.45) is 5.73 Å². The van der Waals surface area contributed by atoms with Crippen LogP contribution in [-0.4, -0.2) is 198 Å². The number of rotatable bonds is 34. The van der Waals surface area contributed by atoms with E-state index in [1.54, 1.807) is 37.5 Å². The molecule has 2 aromatic carbocycles. The van der Waals surface area contributed by atoms with E-state index in [4.69, 9.17) is 53.1 Å². The van der Waals surface area contributed by atoms with Gasteiger partial charge in [0, 0.05) is 75.4 Å². The Morgan fingerprint density at radius 3 is 1.69 bits per heavy atom. The summed E-state index contributed by atoms with van der Waals surface area (Å²) in [6.07, 6.45) is 0.0944. The lowest BCUT2D eigenvalue weighted by Crippen LogP contribution is -2.44. The van der Waals surface area contributed by atoms with Gasteiger partial charge in [-0.3, -0.25) is 14.1 Å². The van der Waals surface area contributed by atoms with Gasteiger partial charge in [-0.2, -0.15) is 13.2 Å². The average molecular weight is 1000 g/mol. The summed E-state index contributed by atoms with van der Waals surface area (Å²) in [7, 11) is 3.65. The highest BCUT2D eigenvalue weighted by molar-refractivity contribution is 5.76. The Bertz CT molecular complexity index is 2130. The molecular weight excluding hydrogens is 930 g/mol. The van der Waals surface area contributed by atoms with Crippen LogP contribution in [0, 0.1) is 18.8 Å². The van der Waals surface area contributed by atoms with Crippen molar-refractivity contribution in [3.05, 3.63) is 94.4 Å². The maximum atomic E-state index is 13.1. The van der Waals surface area contributed by atoms with Gasteiger partial charge in [0.2, 0.25) is 0 Å². The fourth-order valence-corrected chi connectivity index (χ4v) is 6.67. The number of piperazine rings is 1. The van der Waals surface area contributed by atoms with Crippen LogP contribution in [0.4, 0.5) is 18.9 Å². The Morgan fingerprint density at radius 1 is 0.676 bits per heavy atom. The van der Waals surface area contributed by atoms with E-state index in [0.29, 0.717) is 161 Å². The van der Waals surface area contributed by atoms with Crippen LogP contribution >= 0.6 is 0 Å². The monoisotopic (exact) mass is 1000 g/mol. The molecule has 0 atom stereocenters. The van der Waals surface area contributed by atoms with E-state index in [0.717, 1.165) is 54.9 Å². The molecule has 2 aromatic heterocycles. The predicted molar refractivity (Wildman–Crippen MR) is 263 cm³/mol. The maximum absolute atomic E-state index is 13.1. The Kier molecular flexibility index (Phi) is 29.3. The van der Waals surface area contributed by atoms with Gasteiger partial charge in [-0.05, 0) is 55.3 Å². The van der Waals surface area contributed by atoms with Gasteiger partial charge in [-0.25, -0.2) is 4.98 Å². The zero-order chi connectivity index (χ0) is 50.8. The molecule has 5 rings (SSSR count). The molecule has 394 valence electrons. The number of aldehydes is 1. The standard InChI is InChI=1S/C37H53N3O11.C14H20F3N3/c1-32-2-3-33(31-41)28-34(32)4-5-35-30-39-37-29-36(6-8-40(35)37)51-27-26-50-25-24-49-23-22-48-21-20-47-19-18-46-17-16-45-15-14-44-13-12-43-11-10-42-9-7-38;1-18-12-4-3-11(13(9-12)14(15,16)17)10-20-7-5-19(2)6-8-20/h2-3,6,8,28-31H,7,9-27,38H2,1H3;3-4,9,18H,5-8,10H2,1-2H3. The number of aryl methyl sites for hydroxylation is 1. The second-order valence-corrected chi connectivity index (χ2v) is 16.0. The van der Waals surface area contributed by atoms with Crippen LogP contribution in [0.5, 0.6) is 5.75 Å². The van der Waals surface area contributed by atoms with Crippen molar-refractivity contribution in [2.45, 2.75) is 19.6 Å². The summed E-state index contributed by atoms with van der Waals surface area (Å²) in [6, 6.07) is 13.6. The van der Waals surface area contributed by atoms with Crippen LogP contribution in [0.3, 0.4) is 0 Å². The van der Waals surface area contributed by atoms with E-state index in [1.807, 2.05) is 42.8 Å². The molecule has 0 saturated carbocycles. The number of pyridine rings is 1. The molecule has 1 saturated heterocycles. The summed E-state index contributed by atoms with van der Waals surface area (Å²) in [5, 5.41) is 2.76. The molecule has 0 radical (unpaired) electrons. The van der Waals surface area contributed by atoms with Gasteiger partial charge in [-0.1, -0.05) is 24.1 Å². The zero-order valence-corrected chi connectivity index (χ0v) is 41.5. The average Bonchev–Trinajstić information content (AvgIpc) is 3.78. The molecule has 17 nitrogen and oxygen atoms in total. The molecule has 0 unspecified atom stereocenters. The molecule has 3 N–H and O–H groups in total. The third-order valence-electron chi connectivity index (χ3n) is 10.6. The molecule has 0 aliphatic carbocycles. The number of aromatic nitrogens is 2. The van der Waals surface area contributed by atoms with Crippen molar-refractivity contribution < 1.29 is 65.3 Å². The highest BCUT2D eigenvalue weighted by Gasteiger charge is 2.34. The number of hydrogen-bond acceptors (Lipinski definition) is 16. The second kappa shape index (κ2) is 35.4. The van der Waals surface area contributed by atoms with Crippen molar-refractivity contribution in [1.29, 1.82) is 0 Å². The highest BCUT2D eigenvalue weighted by atomic mass is 19.4. The fourth-order valence-electron chi connectivity index (χ4n) is 6.67. The summed E-state index contributed by atoms with van der Waals surface area (Å²) in [5.41, 5.74) is 9.52. The molecule has 0 bridgehead atoms. The Hall–Kier alpha value is -4.73. The number of anilines is 1. The van der Waals surface area contributed by atoms with Gasteiger partial charge in [0.25, 0.3) is 0 Å². The first kappa shape index (κ1) is 58.8. The van der Waals surface area contributed by atoms with E-state index in [2.05, 4.69) is 31.9 Å². The maximum Gasteiger partial charge on any atom is 0.416 e. The zero-order valence-electron chi connectivity index (χ0n) is 41.5. The lowest BCUT2D eigenvalue weighted by Gasteiger charge is -2.33. The molecule has 1 aliphatic heterocycles. The van der Waals surface area contributed by atoms with Crippen LogP contribution in [0.1, 0.15) is 38.3 Å². The minimum Gasteiger partial charge on any atom is -0.491 e. The Morgan fingerprint density at radius 2 is 1.20 bits per heavy atom. The number of imidazole rings is 1. The van der Waals surface area contributed by atoms with Gasteiger partial charge >= 0.3 is 6.18 Å². The third kappa shape index (κ3) is 24.5. The van der Waals surface area contributed by atoms with Gasteiger partial charge in [0.15, 0.2) is 0 Å². The highest BCUT2D eigenvalue weighted by Crippen LogP contribution is 2.34. The number of alkyl halides is 3. The molecule has 0 amide bonds. The van der Waals surface area contributed by atoms with Crippen molar-refractivity contribution in [2.75, 3.05) is 178 Å². The molecular formula is C51H73F3N6O11. The molecule has 20 heteroatoms. The van der Waals surface area contributed by atoms with E-state index in [1.165, 1.54) is 6.07 Å². The summed E-state index contributed by atoms with van der Waals surface area (Å²) in [4.78, 5) is 19.8. The number of carbonyl (C=O) groups excluding carboxylic acids is 1. The second-order valence-electron chi connectivity index (χ2n) is 16.0. The van der Waals surface area contributed by atoms with Crippen molar-refractivity contribution in [3.8, 4) is 17.6 Å². The summed E-state index contributed by atoms with van der Waals surface area (Å²) < 4.78 is 96.2. The normalized spacial score (nSPS) is 13.2. The fraction of sp³-hybridized carbons (Fsp3) is 0.569. The first-order valence-electron chi connectivity index (χ1n) is 24.0. The number of likely N-dealkylation sites (N-methyl/N-ethyl adjacent to an activating group) is 1. The summed E-state index contributed by atoms with van der Waals surface area (Å²) in [5.74, 6) is 6.98. The van der Waals surface area contributed by atoms with Crippen LogP contribution in [0.25, 0.3) is 5.65 Å². The Labute approximate surface area is 416 Å². The number of nitrogens with two attached hydrogens (primary N) is 1. The number of halogens is 3. The number of nitrogens with one attached hydrogen (secondary N) is 1. The first-order valence-corrected chi connectivity index (χ1v) is 24.0. The molecule has 4 aromatic rings. The first-order chi connectivity index (χ1) is 34.6. The molecule has 1 aliphatic rings. The number of ether oxygens (including phenoxy) is 10. The number of fused-ring (bicyclic) bond motifs is 1. The van der Waals surface area contributed by atoms with E-state index >= 15 is 0 Å². The summed E-state index contributed by atoms with van der Waals surface area (Å²) >= 11 is 0. The van der Waals surface area contributed by atoms with Gasteiger partial charge in [0.05, 0.1) is 131 Å². The van der Waals surface area contributed by atoms with Crippen molar-refractivity contribution in [3.63, 3.8) is 0 Å². The van der Waals surface area contributed by atoms with Crippen LogP contribution in [-0.2, 0) is 55.4 Å². The quantitative estimate of drug-likeness (QED) is 0.0370. The predicted octanol–water partition coefficient (Wildman–Crippen LogP) is 4.84. The van der Waals surface area contributed by atoms with Gasteiger partial charge in [0.1, 0.15) is 30.0 Å². The number of nitrogens with zero attached hydrogens (tertiary/aromatic N) is 4. The van der Waals surface area contributed by atoms with E-state index in [-0.39, 0.29) is 0 Å². The van der Waals surface area contributed by atoms with Gasteiger partial charge in [-0.15, -0.1) is 0 Å². The lowest BCUT2D eigenvalue weighted by molar-refractivity contribution is -0.138. The van der Waals surface area contributed by atoms with E-state index < -0.39 is 11.7 Å². The Balaban J connectivity index is 0.000000453. The molecule has 71 heavy (non-hydrogen) atoms. The smallest absolute Gasteiger partial charge is 0.416 e. The topological polar surface area (TPSA) is 171 Å². The lowest BCUT2D eigenvalue weighted by atomic mass is 10.0.